The molecule has 0 bridgehead atoms. The molecule has 0 saturated heterocycles. The lowest BCUT2D eigenvalue weighted by molar-refractivity contribution is 0.0690. The monoisotopic (exact) mass is 219 g/mol. The molecule has 2 rings (SSSR count). The molecule has 2 N–H and O–H groups in total. The van der Waals surface area contributed by atoms with E-state index in [0.717, 1.165) is 0 Å². The first-order valence-electron chi connectivity index (χ1n) is 4.47. The van der Waals surface area contributed by atoms with Crippen molar-refractivity contribution in [2.75, 3.05) is 5.32 Å². The van der Waals surface area contributed by atoms with Gasteiger partial charge in [0.15, 0.2) is 11.5 Å². The molecule has 7 heteroatoms. The van der Waals surface area contributed by atoms with Crippen molar-refractivity contribution in [3.05, 3.63) is 30.4 Å². The summed E-state index contributed by atoms with van der Waals surface area (Å²) in [6.45, 7) is 0. The summed E-state index contributed by atoms with van der Waals surface area (Å²) in [6, 6.07) is 1.77. The summed E-state index contributed by atoms with van der Waals surface area (Å²) < 4.78 is 1.64. The van der Waals surface area contributed by atoms with Crippen LogP contribution in [0.3, 0.4) is 0 Å². The zero-order valence-electron chi connectivity index (χ0n) is 8.45. The third-order valence-electron chi connectivity index (χ3n) is 1.84. The summed E-state index contributed by atoms with van der Waals surface area (Å²) in [4.78, 5) is 18.2. The van der Waals surface area contributed by atoms with Crippen LogP contribution >= 0.6 is 0 Å². The molecule has 0 aromatic carbocycles. The summed E-state index contributed by atoms with van der Waals surface area (Å²) in [5.74, 6) is -0.0274. The molecule has 16 heavy (non-hydrogen) atoms. The predicted molar refractivity (Wildman–Crippen MR) is 55.5 cm³/mol. The third-order valence-corrected chi connectivity index (χ3v) is 1.84. The standard InChI is InChI=1S/C9H9N5O2/c1-14-3-2-7(13-14)12-8-5-10-6(4-11-8)9(15)16/h2-5H,1H3,(H,15,16)(H,11,12,13). The maximum absolute atomic E-state index is 10.5. The maximum atomic E-state index is 10.5. The Hall–Kier alpha value is -2.44. The molecule has 0 atom stereocenters. The van der Waals surface area contributed by atoms with Gasteiger partial charge < -0.3 is 10.4 Å². The highest BCUT2D eigenvalue weighted by atomic mass is 16.4. The molecular weight excluding hydrogens is 210 g/mol. The normalized spacial score (nSPS) is 10.1. The number of anilines is 2. The van der Waals surface area contributed by atoms with Gasteiger partial charge in [0.25, 0.3) is 0 Å². The van der Waals surface area contributed by atoms with Crippen LogP contribution in [-0.4, -0.2) is 30.8 Å². The minimum Gasteiger partial charge on any atom is -0.476 e. The van der Waals surface area contributed by atoms with Gasteiger partial charge in [-0.15, -0.1) is 0 Å². The largest absolute Gasteiger partial charge is 0.476 e. The average Bonchev–Trinajstić information content (AvgIpc) is 2.65. The van der Waals surface area contributed by atoms with Crippen molar-refractivity contribution >= 4 is 17.6 Å². The number of carbonyl (C=O) groups is 1. The Morgan fingerprint density at radius 2 is 2.19 bits per heavy atom. The quantitative estimate of drug-likeness (QED) is 0.787. The van der Waals surface area contributed by atoms with Crippen molar-refractivity contribution in [2.45, 2.75) is 0 Å². The number of nitrogens with one attached hydrogen (secondary N) is 1. The number of carboxylic acid groups (broad SMARTS) is 1. The highest BCUT2D eigenvalue weighted by Gasteiger charge is 2.05. The minimum absolute atomic E-state index is 0.0911. The number of hydrogen-bond donors (Lipinski definition) is 2. The van der Waals surface area contributed by atoms with Gasteiger partial charge in [0.1, 0.15) is 5.82 Å². The first-order valence-corrected chi connectivity index (χ1v) is 4.47. The first-order chi connectivity index (χ1) is 7.65. The van der Waals surface area contributed by atoms with Crippen molar-refractivity contribution in [3.63, 3.8) is 0 Å². The fourth-order valence-electron chi connectivity index (χ4n) is 1.12. The highest BCUT2D eigenvalue weighted by Crippen LogP contribution is 2.09. The average molecular weight is 219 g/mol. The van der Waals surface area contributed by atoms with Crippen LogP contribution in [0.1, 0.15) is 10.5 Å². The second kappa shape index (κ2) is 3.97. The first kappa shape index (κ1) is 10.1. The van der Waals surface area contributed by atoms with E-state index >= 15 is 0 Å². The number of aryl methyl sites for hydroxylation is 1. The molecular formula is C9H9N5O2. The molecule has 0 aliphatic carbocycles. The van der Waals surface area contributed by atoms with E-state index in [2.05, 4.69) is 20.4 Å². The Labute approximate surface area is 90.8 Å². The minimum atomic E-state index is -1.10. The van der Waals surface area contributed by atoms with Crippen molar-refractivity contribution in [1.29, 1.82) is 0 Å². The van der Waals surface area contributed by atoms with Crippen molar-refractivity contribution < 1.29 is 9.90 Å². The lowest BCUT2D eigenvalue weighted by atomic mass is 10.4. The fraction of sp³-hybridized carbons (Fsp3) is 0.111. The van der Waals surface area contributed by atoms with E-state index in [0.29, 0.717) is 11.6 Å². The Balaban J connectivity index is 2.14. The number of hydrogen-bond acceptors (Lipinski definition) is 5. The van der Waals surface area contributed by atoms with Gasteiger partial charge in [-0.25, -0.2) is 14.8 Å². The summed E-state index contributed by atoms with van der Waals surface area (Å²) in [7, 11) is 1.80. The number of nitrogens with zero attached hydrogens (tertiary/aromatic N) is 4. The van der Waals surface area contributed by atoms with Crippen LogP contribution in [-0.2, 0) is 7.05 Å². The lowest BCUT2D eigenvalue weighted by Crippen LogP contribution is -2.03. The Kier molecular flexibility index (Phi) is 2.50. The molecule has 0 amide bonds. The highest BCUT2D eigenvalue weighted by molar-refractivity contribution is 5.84. The summed E-state index contributed by atoms with van der Waals surface area (Å²) in [5.41, 5.74) is -0.0911. The van der Waals surface area contributed by atoms with Crippen molar-refractivity contribution in [1.82, 2.24) is 19.7 Å². The number of rotatable bonds is 3. The second-order valence-corrected chi connectivity index (χ2v) is 3.09. The molecule has 2 aromatic heterocycles. The van der Waals surface area contributed by atoms with Gasteiger partial charge in [-0.2, -0.15) is 5.10 Å². The van der Waals surface area contributed by atoms with Gasteiger partial charge in [0, 0.05) is 19.3 Å². The smallest absolute Gasteiger partial charge is 0.356 e. The third kappa shape index (κ3) is 2.14. The molecule has 0 spiro atoms. The Bertz CT molecular complexity index is 505. The van der Waals surface area contributed by atoms with Crippen molar-refractivity contribution in [2.24, 2.45) is 7.05 Å². The van der Waals surface area contributed by atoms with Crippen LogP contribution in [0.4, 0.5) is 11.6 Å². The summed E-state index contributed by atoms with van der Waals surface area (Å²) in [5, 5.41) is 15.6. The van der Waals surface area contributed by atoms with E-state index in [-0.39, 0.29) is 5.69 Å². The fourth-order valence-corrected chi connectivity index (χ4v) is 1.12. The molecule has 0 unspecified atom stereocenters. The van der Waals surface area contributed by atoms with Gasteiger partial charge in [-0.1, -0.05) is 0 Å². The van der Waals surface area contributed by atoms with Crippen LogP contribution < -0.4 is 5.32 Å². The summed E-state index contributed by atoms with van der Waals surface area (Å²) >= 11 is 0. The topological polar surface area (TPSA) is 92.9 Å². The van der Waals surface area contributed by atoms with Crippen molar-refractivity contribution in [3.8, 4) is 0 Å². The molecule has 0 fully saturated rings. The maximum Gasteiger partial charge on any atom is 0.356 e. The summed E-state index contributed by atoms with van der Waals surface area (Å²) in [6.07, 6.45) is 4.31. The molecule has 0 saturated carbocycles. The number of aromatic nitrogens is 4. The van der Waals surface area contributed by atoms with E-state index in [1.807, 2.05) is 0 Å². The van der Waals surface area contributed by atoms with Gasteiger partial charge >= 0.3 is 5.97 Å². The zero-order chi connectivity index (χ0) is 11.5. The molecule has 0 radical (unpaired) electrons. The van der Waals surface area contributed by atoms with E-state index in [1.165, 1.54) is 12.4 Å². The van der Waals surface area contributed by atoms with E-state index in [9.17, 15) is 4.79 Å². The zero-order valence-corrected chi connectivity index (χ0v) is 8.45. The van der Waals surface area contributed by atoms with Crippen LogP contribution in [0.25, 0.3) is 0 Å². The van der Waals surface area contributed by atoms with Gasteiger partial charge in [0.2, 0.25) is 0 Å². The van der Waals surface area contributed by atoms with E-state index in [4.69, 9.17) is 5.11 Å². The second-order valence-electron chi connectivity index (χ2n) is 3.09. The van der Waals surface area contributed by atoms with Crippen LogP contribution in [0, 0.1) is 0 Å². The van der Waals surface area contributed by atoms with Gasteiger partial charge in [-0.3, -0.25) is 4.68 Å². The Morgan fingerprint density at radius 1 is 1.38 bits per heavy atom. The predicted octanol–water partition coefficient (Wildman–Crippen LogP) is 0.652. The number of carboxylic acids is 1. The van der Waals surface area contributed by atoms with Crippen LogP contribution in [0.5, 0.6) is 0 Å². The lowest BCUT2D eigenvalue weighted by Gasteiger charge is -2.00. The molecule has 2 aromatic rings. The SMILES string of the molecule is Cn1ccc(Nc2cnc(C(=O)O)cn2)n1. The molecule has 0 aliphatic rings. The molecule has 2 heterocycles. The van der Waals surface area contributed by atoms with E-state index in [1.54, 1.807) is 24.0 Å². The molecule has 7 nitrogen and oxygen atoms in total. The van der Waals surface area contributed by atoms with E-state index < -0.39 is 5.97 Å². The number of aromatic carboxylic acids is 1. The van der Waals surface area contributed by atoms with Gasteiger partial charge in [0.05, 0.1) is 12.4 Å². The van der Waals surface area contributed by atoms with Crippen LogP contribution in [0.2, 0.25) is 0 Å². The van der Waals surface area contributed by atoms with Crippen LogP contribution in [0.15, 0.2) is 24.7 Å². The molecule has 82 valence electrons. The molecule has 0 aliphatic heterocycles. The Morgan fingerprint density at radius 3 is 2.69 bits per heavy atom. The van der Waals surface area contributed by atoms with Gasteiger partial charge in [-0.05, 0) is 0 Å².